The van der Waals surface area contributed by atoms with E-state index in [1.807, 2.05) is 32.7 Å². The van der Waals surface area contributed by atoms with E-state index in [0.29, 0.717) is 66.4 Å². The summed E-state index contributed by atoms with van der Waals surface area (Å²) in [5.41, 5.74) is 1.94. The molecule has 1 N–H and O–H groups in total. The molecule has 0 radical (unpaired) electrons. The molecule has 2 heterocycles. The molecule has 6 nitrogen and oxygen atoms in total. The summed E-state index contributed by atoms with van der Waals surface area (Å²) in [5, 5.41) is 4.66. The molecule has 8 saturated carbocycles. The van der Waals surface area contributed by atoms with Gasteiger partial charge in [-0.2, -0.15) is 0 Å². The zero-order chi connectivity index (χ0) is 34.2. The highest BCUT2D eigenvalue weighted by Gasteiger charge is 2.63. The van der Waals surface area contributed by atoms with E-state index in [2.05, 4.69) is 15.1 Å². The van der Waals surface area contributed by atoms with E-state index in [1.165, 1.54) is 135 Å². The van der Waals surface area contributed by atoms with Gasteiger partial charge in [-0.25, -0.2) is 0 Å². The van der Waals surface area contributed by atoms with Crippen molar-refractivity contribution < 1.29 is 14.2 Å². The molecular formula is C45H73N3O3. The normalized spacial score (nSPS) is 51.0. The molecule has 0 bridgehead atoms. The Balaban J connectivity index is 1.14. The summed E-state index contributed by atoms with van der Waals surface area (Å²) in [4.78, 5) is 6.64. The Hall–Kier alpha value is -0.820. The van der Waals surface area contributed by atoms with Crippen LogP contribution in [0.5, 0.6) is 0 Å². The van der Waals surface area contributed by atoms with Crippen molar-refractivity contribution in [1.82, 2.24) is 15.1 Å². The van der Waals surface area contributed by atoms with Gasteiger partial charge in [-0.1, -0.05) is 38.5 Å². The van der Waals surface area contributed by atoms with Gasteiger partial charge in [-0.05, 0) is 156 Å². The van der Waals surface area contributed by atoms with Crippen molar-refractivity contribution in [2.75, 3.05) is 21.3 Å². The third-order valence-corrected chi connectivity index (χ3v) is 18.2. The summed E-state index contributed by atoms with van der Waals surface area (Å²) in [6, 6.07) is 4.02. The highest BCUT2D eigenvalue weighted by molar-refractivity contribution is 5.33. The molecule has 0 aromatic heterocycles. The van der Waals surface area contributed by atoms with E-state index in [1.54, 1.807) is 12.8 Å². The maximum Gasteiger partial charge on any atom is 0.105 e. The van der Waals surface area contributed by atoms with E-state index in [4.69, 9.17) is 14.2 Å². The van der Waals surface area contributed by atoms with Crippen LogP contribution >= 0.6 is 0 Å². The first-order valence-electron chi connectivity index (χ1n) is 22.8. The van der Waals surface area contributed by atoms with E-state index in [-0.39, 0.29) is 0 Å². The maximum atomic E-state index is 6.29. The molecule has 6 heteroatoms. The molecule has 8 aliphatic carbocycles. The van der Waals surface area contributed by atoms with E-state index in [9.17, 15) is 0 Å². The van der Waals surface area contributed by atoms with Gasteiger partial charge in [0.25, 0.3) is 0 Å². The Kier molecular flexibility index (Phi) is 9.75. The molecule has 2 aliphatic heterocycles. The van der Waals surface area contributed by atoms with Gasteiger partial charge in [0.1, 0.15) is 5.82 Å². The maximum absolute atomic E-state index is 6.29. The zero-order valence-corrected chi connectivity index (χ0v) is 32.7. The number of piperazine rings is 1. The minimum atomic E-state index is 0.413. The molecule has 0 spiro atoms. The van der Waals surface area contributed by atoms with Gasteiger partial charge < -0.3 is 29.3 Å². The molecular weight excluding hydrogens is 631 g/mol. The lowest BCUT2D eigenvalue weighted by molar-refractivity contribution is -0.157. The summed E-state index contributed by atoms with van der Waals surface area (Å²) in [6.07, 6.45) is 33.0. The quantitative estimate of drug-likeness (QED) is 0.299. The number of ether oxygens (including phenoxy) is 3. The Labute approximate surface area is 310 Å². The fourth-order valence-corrected chi connectivity index (χ4v) is 16.2. The average Bonchev–Trinajstić information content (AvgIpc) is 3.53. The highest BCUT2D eigenvalue weighted by atomic mass is 16.5. The van der Waals surface area contributed by atoms with Crippen LogP contribution in [0.2, 0.25) is 0 Å². The molecule has 0 aromatic rings. The van der Waals surface area contributed by atoms with Crippen molar-refractivity contribution in [3.63, 3.8) is 0 Å². The molecule has 0 aromatic carbocycles. The lowest BCUT2D eigenvalue weighted by Gasteiger charge is -2.68. The Morgan fingerprint density at radius 1 is 0.529 bits per heavy atom. The van der Waals surface area contributed by atoms with Crippen LogP contribution in [-0.2, 0) is 14.2 Å². The van der Waals surface area contributed by atoms with Crippen LogP contribution in [0.25, 0.3) is 0 Å². The number of rotatable bonds is 6. The Morgan fingerprint density at radius 2 is 1.16 bits per heavy atom. The van der Waals surface area contributed by atoms with Crippen LogP contribution in [0.1, 0.15) is 148 Å². The lowest BCUT2D eigenvalue weighted by Crippen LogP contribution is -2.76. The summed E-state index contributed by atoms with van der Waals surface area (Å²) < 4.78 is 18.3. The van der Waals surface area contributed by atoms with Crippen LogP contribution in [0.3, 0.4) is 0 Å². The molecule has 10 aliphatic rings. The van der Waals surface area contributed by atoms with Gasteiger partial charge in [0, 0.05) is 63.5 Å². The van der Waals surface area contributed by atoms with E-state index >= 15 is 0 Å². The lowest BCUT2D eigenvalue weighted by atomic mass is 9.45. The third-order valence-electron chi connectivity index (χ3n) is 18.2. The second kappa shape index (κ2) is 14.4. The summed E-state index contributed by atoms with van der Waals surface area (Å²) in [6.45, 7) is 0. The van der Waals surface area contributed by atoms with Crippen molar-refractivity contribution in [2.45, 2.75) is 202 Å². The molecule has 13 unspecified atom stereocenters. The average molecular weight is 704 g/mol. The molecule has 10 rings (SSSR count). The predicted molar refractivity (Wildman–Crippen MR) is 203 cm³/mol. The van der Waals surface area contributed by atoms with Crippen LogP contribution < -0.4 is 5.32 Å². The molecule has 51 heavy (non-hydrogen) atoms. The second-order valence-electron chi connectivity index (χ2n) is 19.9. The van der Waals surface area contributed by atoms with Gasteiger partial charge in [0.05, 0.1) is 18.3 Å². The highest BCUT2D eigenvalue weighted by Crippen LogP contribution is 2.63. The van der Waals surface area contributed by atoms with Gasteiger partial charge in [0.2, 0.25) is 0 Å². The van der Waals surface area contributed by atoms with Crippen molar-refractivity contribution in [2.24, 2.45) is 47.3 Å². The fraction of sp³-hybridized carbons (Fsp3) is 0.956. The van der Waals surface area contributed by atoms with Crippen molar-refractivity contribution in [3.8, 4) is 0 Å². The van der Waals surface area contributed by atoms with Crippen LogP contribution in [0.4, 0.5) is 0 Å². The number of fused-ring (bicyclic) bond motifs is 5. The molecule has 286 valence electrons. The molecule has 1 saturated heterocycles. The summed E-state index contributed by atoms with van der Waals surface area (Å²) >= 11 is 0. The molecule has 9 fully saturated rings. The largest absolute Gasteiger partial charge is 0.381 e. The van der Waals surface area contributed by atoms with Crippen molar-refractivity contribution in [1.29, 1.82) is 0 Å². The topological polar surface area (TPSA) is 46.2 Å². The number of nitrogens with one attached hydrogen (secondary N) is 1. The third kappa shape index (κ3) is 5.73. The first-order valence-corrected chi connectivity index (χ1v) is 22.8. The number of nitrogens with zero attached hydrogens (tertiary/aromatic N) is 2. The van der Waals surface area contributed by atoms with Gasteiger partial charge in [-0.15, -0.1) is 0 Å². The van der Waals surface area contributed by atoms with Crippen LogP contribution in [0.15, 0.2) is 11.4 Å². The second-order valence-corrected chi connectivity index (χ2v) is 19.9. The number of methoxy groups -OCH3 is 3. The predicted octanol–water partition coefficient (Wildman–Crippen LogP) is 8.69. The summed E-state index contributed by atoms with van der Waals surface area (Å²) in [5.74, 6) is 9.00. The van der Waals surface area contributed by atoms with Crippen LogP contribution in [-0.4, -0.2) is 85.7 Å². The van der Waals surface area contributed by atoms with Crippen molar-refractivity contribution >= 4 is 0 Å². The fourth-order valence-electron chi connectivity index (χ4n) is 16.2. The summed E-state index contributed by atoms with van der Waals surface area (Å²) in [7, 11) is 5.93. The molecule has 13 atom stereocenters. The van der Waals surface area contributed by atoms with Crippen LogP contribution in [0, 0.1) is 47.3 Å². The minimum absolute atomic E-state index is 0.413. The first kappa shape index (κ1) is 34.7. The van der Waals surface area contributed by atoms with Gasteiger partial charge in [0.15, 0.2) is 0 Å². The minimum Gasteiger partial charge on any atom is -0.381 e. The van der Waals surface area contributed by atoms with E-state index < -0.39 is 0 Å². The standard InChI is InChI=1S/C45H73N3O3/c1-49-31-20-16-29(17-21-31)42-36-26-33(51-3)24-25-38(36)47(30-18-22-32(50-2)23-19-30)45(42)48-39-13-5-4-12-37(39)46-43-34-10-6-8-27-14-15-28-9-7-11-35(44(43)48)41(28)40(27)34/h27-41,43-44,46H,4-26H2,1-3H3. The van der Waals surface area contributed by atoms with Gasteiger partial charge >= 0.3 is 0 Å². The Bertz CT molecular complexity index is 1260. The first-order chi connectivity index (χ1) is 25.2. The molecule has 0 amide bonds. The zero-order valence-electron chi connectivity index (χ0n) is 32.7. The van der Waals surface area contributed by atoms with Gasteiger partial charge in [-0.3, -0.25) is 0 Å². The number of hydrogen-bond donors (Lipinski definition) is 1. The number of hydrogen-bond acceptors (Lipinski definition) is 6. The monoisotopic (exact) mass is 704 g/mol. The SMILES string of the molecule is COC1CCC(C2=C(N3C4CCCCC4NC4C5CCCC6CCC7CCCC(C7C65)C43)N(C3CCC(OC)CC3)C3CCC(OC)CC23)CC1. The van der Waals surface area contributed by atoms with Crippen molar-refractivity contribution in [3.05, 3.63) is 11.4 Å². The smallest absolute Gasteiger partial charge is 0.105 e. The Morgan fingerprint density at radius 3 is 1.86 bits per heavy atom. The van der Waals surface area contributed by atoms with E-state index in [0.717, 1.165) is 35.5 Å².